The number of β-amino-alcohol motifs (C(OH)–C–C–N with tert-alkyl or cyclic N) is 1. The molecule has 9 nitrogen and oxygen atoms in total. The molecule has 1 amide bonds. The Labute approximate surface area is 236 Å². The third-order valence-corrected chi connectivity index (χ3v) is 13.1. The molecule has 218 valence electrons. The summed E-state index contributed by atoms with van der Waals surface area (Å²) in [5, 5.41) is 23.9. The van der Waals surface area contributed by atoms with Gasteiger partial charge in [-0.2, -0.15) is 4.31 Å². The van der Waals surface area contributed by atoms with Crippen molar-refractivity contribution >= 4 is 43.1 Å². The summed E-state index contributed by atoms with van der Waals surface area (Å²) in [6.07, 6.45) is 0.0808. The number of carbonyl (C=O) groups excluding carboxylic acids is 1. The lowest BCUT2D eigenvalue weighted by Crippen LogP contribution is -2.58. The molecule has 2 aliphatic carbocycles. The zero-order chi connectivity index (χ0) is 29.0. The highest BCUT2D eigenvalue weighted by atomic mass is 35.5. The summed E-state index contributed by atoms with van der Waals surface area (Å²) in [6.45, 7) is 0.0184. The summed E-state index contributed by atoms with van der Waals surface area (Å²) in [5.41, 5.74) is -1.71. The van der Waals surface area contributed by atoms with Crippen LogP contribution in [0.4, 0.5) is 14.5 Å². The van der Waals surface area contributed by atoms with Gasteiger partial charge < -0.3 is 15.5 Å². The molecule has 0 spiro atoms. The number of sulfonamides is 1. The monoisotopic (exact) mass is 618 g/mol. The van der Waals surface area contributed by atoms with Gasteiger partial charge in [-0.15, -0.1) is 0 Å². The second-order valence-corrected chi connectivity index (χ2v) is 15.5. The molecular weight excluding hydrogens is 590 g/mol. The summed E-state index contributed by atoms with van der Waals surface area (Å²) in [4.78, 5) is 12.5. The van der Waals surface area contributed by atoms with Crippen LogP contribution in [0.15, 0.2) is 41.3 Å². The van der Waals surface area contributed by atoms with Crippen molar-refractivity contribution in [3.63, 3.8) is 0 Å². The number of nitrogens with one attached hydrogen (secondary N) is 1. The molecule has 2 aromatic carbocycles. The van der Waals surface area contributed by atoms with Gasteiger partial charge in [0.1, 0.15) is 0 Å². The Bertz CT molecular complexity index is 1540. The first-order valence-electron chi connectivity index (χ1n) is 12.9. The average Bonchev–Trinajstić information content (AvgIpc) is 3.27. The van der Waals surface area contributed by atoms with Gasteiger partial charge in [0, 0.05) is 30.4 Å². The maximum atomic E-state index is 13.7. The molecule has 1 aliphatic heterocycles. The Morgan fingerprint density at radius 1 is 1.12 bits per heavy atom. The zero-order valence-electron chi connectivity index (χ0n) is 21.3. The van der Waals surface area contributed by atoms with Gasteiger partial charge in [0.2, 0.25) is 10.0 Å². The third kappa shape index (κ3) is 5.16. The quantitative estimate of drug-likeness (QED) is 0.433. The number of amides is 1. The van der Waals surface area contributed by atoms with E-state index in [9.17, 15) is 40.6 Å². The lowest BCUT2D eigenvalue weighted by atomic mass is 9.71. The number of hydrogen-bond acceptors (Lipinski definition) is 7. The Hall–Kier alpha value is -2.16. The van der Waals surface area contributed by atoms with Crippen LogP contribution in [-0.2, 0) is 19.9 Å². The summed E-state index contributed by atoms with van der Waals surface area (Å²) in [5.74, 6) is -4.16. The molecule has 3 atom stereocenters. The van der Waals surface area contributed by atoms with Crippen LogP contribution < -0.4 is 5.32 Å². The number of rotatable bonds is 7. The molecule has 2 saturated carbocycles. The summed E-state index contributed by atoms with van der Waals surface area (Å²) >= 11 is 6.27. The largest absolute Gasteiger partial charge is 0.389 e. The minimum absolute atomic E-state index is 0.00996. The van der Waals surface area contributed by atoms with Gasteiger partial charge in [-0.1, -0.05) is 11.6 Å². The lowest BCUT2D eigenvalue weighted by molar-refractivity contribution is -0.144. The van der Waals surface area contributed by atoms with Crippen molar-refractivity contribution in [2.24, 2.45) is 11.8 Å². The van der Waals surface area contributed by atoms with E-state index in [0.29, 0.717) is 19.3 Å². The van der Waals surface area contributed by atoms with Gasteiger partial charge >= 0.3 is 0 Å². The third-order valence-electron chi connectivity index (χ3n) is 8.50. The van der Waals surface area contributed by atoms with E-state index >= 15 is 0 Å². The van der Waals surface area contributed by atoms with Crippen molar-refractivity contribution in [2.45, 2.75) is 54.0 Å². The van der Waals surface area contributed by atoms with Crippen LogP contribution in [-0.4, -0.2) is 73.1 Å². The van der Waals surface area contributed by atoms with E-state index in [1.54, 1.807) is 0 Å². The van der Waals surface area contributed by atoms with Crippen molar-refractivity contribution < 1.29 is 40.6 Å². The SMILES string of the molecule is O=C(Nc1ccc(F)c(F)c1)c1ccc(Cl)c(S(=O)(=O)[C@H]2CC3CCC(C2)[C@@]3(O)C(O)CN2CCCS2(=O)=O)c1. The predicted molar refractivity (Wildman–Crippen MR) is 143 cm³/mol. The summed E-state index contributed by atoms with van der Waals surface area (Å²) < 4.78 is 79.9. The van der Waals surface area contributed by atoms with Crippen LogP contribution in [0.5, 0.6) is 0 Å². The number of halogens is 3. The van der Waals surface area contributed by atoms with Crippen molar-refractivity contribution in [1.82, 2.24) is 4.31 Å². The van der Waals surface area contributed by atoms with Crippen LogP contribution in [0.1, 0.15) is 42.5 Å². The highest BCUT2D eigenvalue weighted by Crippen LogP contribution is 2.53. The normalized spacial score (nSPS) is 28.9. The minimum atomic E-state index is -4.10. The first kappa shape index (κ1) is 29.3. The van der Waals surface area contributed by atoms with Gasteiger partial charge in [-0.3, -0.25) is 4.79 Å². The fourth-order valence-corrected chi connectivity index (χ4v) is 10.3. The summed E-state index contributed by atoms with van der Waals surface area (Å²) in [7, 11) is -7.59. The Balaban J connectivity index is 1.35. The molecule has 3 aliphatic rings. The number of anilines is 1. The van der Waals surface area contributed by atoms with Crippen LogP contribution >= 0.6 is 11.6 Å². The van der Waals surface area contributed by atoms with Gasteiger partial charge in [0.25, 0.3) is 5.91 Å². The Morgan fingerprint density at radius 2 is 1.80 bits per heavy atom. The Morgan fingerprint density at radius 3 is 2.40 bits per heavy atom. The van der Waals surface area contributed by atoms with Crippen LogP contribution in [0, 0.1) is 23.5 Å². The van der Waals surface area contributed by atoms with Crippen LogP contribution in [0.2, 0.25) is 5.02 Å². The van der Waals surface area contributed by atoms with Gasteiger partial charge in [0.05, 0.1) is 32.6 Å². The molecule has 0 radical (unpaired) electrons. The van der Waals surface area contributed by atoms with E-state index in [1.165, 1.54) is 16.4 Å². The number of nitrogens with zero attached hydrogens (tertiary/aromatic N) is 1. The maximum Gasteiger partial charge on any atom is 0.255 e. The number of carbonyl (C=O) groups is 1. The topological polar surface area (TPSA) is 141 Å². The number of fused-ring (bicyclic) bond motifs is 2. The number of aliphatic hydroxyl groups is 2. The van der Waals surface area contributed by atoms with E-state index in [4.69, 9.17) is 11.6 Å². The average molecular weight is 619 g/mol. The van der Waals surface area contributed by atoms with E-state index in [2.05, 4.69) is 5.32 Å². The Kier molecular flexibility index (Phi) is 7.77. The molecule has 1 saturated heterocycles. The molecule has 0 aromatic heterocycles. The fraction of sp³-hybridized carbons (Fsp3) is 0.500. The van der Waals surface area contributed by atoms with Crippen molar-refractivity contribution in [2.75, 3.05) is 24.2 Å². The zero-order valence-corrected chi connectivity index (χ0v) is 23.7. The molecule has 2 bridgehead atoms. The number of aliphatic hydroxyl groups excluding tert-OH is 1. The van der Waals surface area contributed by atoms with Crippen molar-refractivity contribution in [1.29, 1.82) is 0 Å². The van der Waals surface area contributed by atoms with E-state index in [1.807, 2.05) is 0 Å². The highest BCUT2D eigenvalue weighted by Gasteiger charge is 2.59. The van der Waals surface area contributed by atoms with E-state index < -0.39 is 66.2 Å². The van der Waals surface area contributed by atoms with Crippen molar-refractivity contribution in [3.8, 4) is 0 Å². The molecule has 1 heterocycles. The minimum Gasteiger partial charge on any atom is -0.389 e. The first-order valence-corrected chi connectivity index (χ1v) is 16.4. The lowest BCUT2D eigenvalue weighted by Gasteiger charge is -2.45. The van der Waals surface area contributed by atoms with Gasteiger partial charge in [0.15, 0.2) is 21.5 Å². The smallest absolute Gasteiger partial charge is 0.255 e. The predicted octanol–water partition coefficient (Wildman–Crippen LogP) is 2.96. The van der Waals surface area contributed by atoms with Gasteiger partial charge in [-0.25, -0.2) is 25.6 Å². The molecule has 5 rings (SSSR count). The van der Waals surface area contributed by atoms with Crippen LogP contribution in [0.3, 0.4) is 0 Å². The second-order valence-electron chi connectivity index (χ2n) is 10.8. The van der Waals surface area contributed by atoms with E-state index in [-0.39, 0.29) is 52.9 Å². The van der Waals surface area contributed by atoms with E-state index in [0.717, 1.165) is 24.3 Å². The standard InChI is InChI=1S/C26H29ClF2N2O7S2/c27-20-6-2-15(25(33)30-18-5-7-21(28)22(29)13-18)10-23(20)40(37,38)19-11-16-3-4-17(12-19)26(16,34)24(32)14-31-8-1-9-39(31,35)36/h2,5-7,10,13,16-17,19,24,32,34H,1,3-4,8-9,11-12,14H2,(H,30,33)/t16?,17?,19-,24?,26+. The molecular formula is C26H29ClF2N2O7S2. The number of benzene rings is 2. The number of hydrogen-bond donors (Lipinski definition) is 3. The van der Waals surface area contributed by atoms with Gasteiger partial charge in [-0.05, 0) is 74.3 Å². The molecule has 3 unspecified atom stereocenters. The van der Waals surface area contributed by atoms with Crippen molar-refractivity contribution in [3.05, 3.63) is 58.6 Å². The highest BCUT2D eigenvalue weighted by molar-refractivity contribution is 7.92. The first-order chi connectivity index (χ1) is 18.7. The molecule has 40 heavy (non-hydrogen) atoms. The maximum absolute atomic E-state index is 13.7. The molecule has 3 fully saturated rings. The molecule has 3 N–H and O–H groups in total. The molecule has 2 aromatic rings. The summed E-state index contributed by atoms with van der Waals surface area (Å²) in [6, 6.07) is 6.51. The fourth-order valence-electron chi connectivity index (χ4n) is 6.39. The second kappa shape index (κ2) is 10.6. The number of sulfone groups is 1. The molecule has 14 heteroatoms. The van der Waals surface area contributed by atoms with Crippen LogP contribution in [0.25, 0.3) is 0 Å².